The maximum atomic E-state index is 14.0. The number of rotatable bonds is 7. The lowest BCUT2D eigenvalue weighted by Gasteiger charge is -2.50. The van der Waals surface area contributed by atoms with Gasteiger partial charge in [-0.25, -0.2) is 0 Å². The molecular formula is C27H33BrN4O8. The van der Waals surface area contributed by atoms with Crippen LogP contribution in [0, 0.1) is 11.8 Å². The van der Waals surface area contributed by atoms with Crippen molar-refractivity contribution in [2.24, 2.45) is 17.6 Å². The van der Waals surface area contributed by atoms with E-state index in [1.807, 2.05) is 0 Å². The largest absolute Gasteiger partial charge is 0.510 e. The van der Waals surface area contributed by atoms with Crippen molar-refractivity contribution < 1.29 is 39.6 Å². The Morgan fingerprint density at radius 2 is 1.82 bits per heavy atom. The Morgan fingerprint density at radius 3 is 2.38 bits per heavy atom. The number of phenolic OH excluding ortho intramolecular Hbond substituents is 1. The van der Waals surface area contributed by atoms with Gasteiger partial charge in [-0.15, -0.1) is 0 Å². The minimum absolute atomic E-state index is 0.00611. The van der Waals surface area contributed by atoms with E-state index in [0.717, 1.165) is 0 Å². The van der Waals surface area contributed by atoms with Gasteiger partial charge in [0, 0.05) is 43.0 Å². The van der Waals surface area contributed by atoms with E-state index in [0.29, 0.717) is 23.0 Å². The van der Waals surface area contributed by atoms with E-state index in [1.54, 1.807) is 39.2 Å². The quantitative estimate of drug-likeness (QED) is 0.147. The summed E-state index contributed by atoms with van der Waals surface area (Å²) in [5, 5.41) is 48.4. The highest BCUT2D eigenvalue weighted by molar-refractivity contribution is 9.09. The number of hydrogen-bond acceptors (Lipinski definition) is 10. The number of phenols is 1. The van der Waals surface area contributed by atoms with Gasteiger partial charge in [0.2, 0.25) is 11.7 Å². The number of carbonyl (C=O) groups excluding carboxylic acids is 4. The monoisotopic (exact) mass is 620 g/mol. The lowest BCUT2D eigenvalue weighted by atomic mass is 9.58. The number of nitrogens with zero attached hydrogens (tertiary/aromatic N) is 2. The second kappa shape index (κ2) is 10.5. The zero-order valence-electron chi connectivity index (χ0n) is 22.6. The second-order valence-electron chi connectivity index (χ2n) is 10.8. The lowest BCUT2D eigenvalue weighted by Crippen LogP contribution is -2.63. The molecule has 3 aliphatic rings. The van der Waals surface area contributed by atoms with E-state index in [4.69, 9.17) is 5.73 Å². The zero-order chi connectivity index (χ0) is 29.8. The number of aliphatic hydroxyl groups is 3. The maximum Gasteiger partial charge on any atom is 0.255 e. The number of primary amides is 1. The molecule has 0 bridgehead atoms. The van der Waals surface area contributed by atoms with Gasteiger partial charge >= 0.3 is 0 Å². The van der Waals surface area contributed by atoms with Crippen LogP contribution < -0.4 is 16.0 Å². The van der Waals surface area contributed by atoms with Crippen molar-refractivity contribution in [1.29, 1.82) is 0 Å². The number of likely N-dealkylation sites (N-methyl/N-ethyl adjacent to an activating group) is 1. The fourth-order valence-corrected chi connectivity index (χ4v) is 6.51. The fraction of sp³-hybridized carbons (Fsp3) is 0.481. The Kier molecular flexibility index (Phi) is 7.78. The molecule has 0 aliphatic heterocycles. The number of amides is 2. The summed E-state index contributed by atoms with van der Waals surface area (Å²) >= 11 is 3.26. The van der Waals surface area contributed by atoms with Crippen LogP contribution in [-0.2, 0) is 20.8 Å². The molecule has 4 rings (SSSR count). The normalized spacial score (nSPS) is 25.9. The third kappa shape index (κ3) is 4.36. The molecule has 13 heteroatoms. The number of nitrogens with one attached hydrogen (secondary N) is 1. The molecule has 7 N–H and O–H groups in total. The maximum absolute atomic E-state index is 14.0. The molecule has 4 atom stereocenters. The first kappa shape index (κ1) is 29.6. The standard InChI is InChI=1S/C27H33BrN4O8/c1-31(2)15-10-14(30-16(33)6-5-7-28)21(34)18-12(15)8-11-9-13-20(32(3)4)23(36)19(26(29)39)25(38)27(13,40)24(37)17(11)22(18)35/h10-11,13,20,34,36-37,40H,5-9H2,1-4H3,(H2,29,39)(H,30,33)/t11?,13?,20-,27-/m0/s1. The van der Waals surface area contributed by atoms with E-state index in [9.17, 15) is 39.6 Å². The number of hydrogen-bond donors (Lipinski definition) is 6. The first-order chi connectivity index (χ1) is 18.7. The molecule has 0 heterocycles. The SMILES string of the molecule is CN(C)c1cc(NC(=O)CCCBr)c(O)c2c1CC1CC3[C@H](N(C)C)C(O)=C(C(N)=O)C(=O)[C@@]3(O)C(O)=C1C2=O. The van der Waals surface area contributed by atoms with Gasteiger partial charge in [-0.2, -0.15) is 0 Å². The van der Waals surface area contributed by atoms with E-state index >= 15 is 0 Å². The smallest absolute Gasteiger partial charge is 0.255 e. The summed E-state index contributed by atoms with van der Waals surface area (Å²) in [7, 11) is 6.63. The summed E-state index contributed by atoms with van der Waals surface area (Å²) in [5.41, 5.74) is 2.39. The average Bonchev–Trinajstić information content (AvgIpc) is 2.85. The summed E-state index contributed by atoms with van der Waals surface area (Å²) in [6.07, 6.45) is 0.865. The number of aliphatic hydroxyl groups excluding tert-OH is 2. The Hall–Kier alpha value is -3.42. The molecule has 1 aromatic carbocycles. The van der Waals surface area contributed by atoms with E-state index in [-0.39, 0.29) is 42.0 Å². The molecule has 0 radical (unpaired) electrons. The summed E-state index contributed by atoms with van der Waals surface area (Å²) in [6.45, 7) is 0. The molecule has 40 heavy (non-hydrogen) atoms. The highest BCUT2D eigenvalue weighted by Gasteiger charge is 2.63. The highest BCUT2D eigenvalue weighted by Crippen LogP contribution is 2.53. The predicted molar refractivity (Wildman–Crippen MR) is 150 cm³/mol. The molecule has 0 aromatic heterocycles. The fourth-order valence-electron chi connectivity index (χ4n) is 6.23. The van der Waals surface area contributed by atoms with E-state index in [2.05, 4.69) is 21.2 Å². The molecule has 0 fully saturated rings. The molecule has 0 spiro atoms. The van der Waals surface area contributed by atoms with Gasteiger partial charge in [-0.3, -0.25) is 24.1 Å². The number of allylic oxidation sites excluding steroid dienone is 1. The Balaban J connectivity index is 1.92. The van der Waals surface area contributed by atoms with Crippen LogP contribution in [0.4, 0.5) is 11.4 Å². The number of ketones is 2. The van der Waals surface area contributed by atoms with Gasteiger partial charge in [0.25, 0.3) is 5.91 Å². The Bertz CT molecular complexity index is 1380. The van der Waals surface area contributed by atoms with Crippen LogP contribution in [0.2, 0.25) is 0 Å². The molecule has 2 unspecified atom stereocenters. The average molecular weight is 621 g/mol. The van der Waals surface area contributed by atoms with Crippen LogP contribution in [0.25, 0.3) is 0 Å². The van der Waals surface area contributed by atoms with Gasteiger partial charge in [-0.05, 0) is 50.9 Å². The molecule has 216 valence electrons. The molecule has 0 saturated carbocycles. The number of halogens is 1. The predicted octanol–water partition coefficient (Wildman–Crippen LogP) is 1.30. The number of alkyl halides is 1. The van der Waals surface area contributed by atoms with Crippen molar-refractivity contribution in [2.45, 2.75) is 37.3 Å². The number of aromatic hydroxyl groups is 1. The van der Waals surface area contributed by atoms with Crippen molar-refractivity contribution in [3.63, 3.8) is 0 Å². The van der Waals surface area contributed by atoms with Crippen LogP contribution in [-0.4, -0.2) is 93.9 Å². The minimum Gasteiger partial charge on any atom is -0.510 e. The minimum atomic E-state index is -2.72. The van der Waals surface area contributed by atoms with Gasteiger partial charge in [0.05, 0.1) is 17.3 Å². The topological polar surface area (TPSA) is 194 Å². The van der Waals surface area contributed by atoms with E-state index in [1.165, 1.54) is 4.90 Å². The molecule has 12 nitrogen and oxygen atoms in total. The number of Topliss-reactive ketones (excluding diaryl/α,β-unsaturated/α-hetero) is 2. The van der Waals surface area contributed by atoms with Gasteiger partial charge in [0.1, 0.15) is 17.1 Å². The Morgan fingerprint density at radius 1 is 1.18 bits per heavy atom. The highest BCUT2D eigenvalue weighted by atomic mass is 79.9. The van der Waals surface area contributed by atoms with Crippen molar-refractivity contribution in [3.8, 4) is 5.75 Å². The number of benzene rings is 1. The molecule has 3 aliphatic carbocycles. The van der Waals surface area contributed by atoms with Crippen LogP contribution in [0.5, 0.6) is 5.75 Å². The lowest BCUT2D eigenvalue weighted by molar-refractivity contribution is -0.148. The third-order valence-corrected chi connectivity index (χ3v) is 8.55. The van der Waals surface area contributed by atoms with Gasteiger partial charge in [0.15, 0.2) is 17.1 Å². The first-order valence-electron chi connectivity index (χ1n) is 12.7. The molecule has 1 aromatic rings. The van der Waals surface area contributed by atoms with Crippen molar-refractivity contribution in [1.82, 2.24) is 4.90 Å². The second-order valence-corrected chi connectivity index (χ2v) is 11.6. The molecule has 2 amide bonds. The van der Waals surface area contributed by atoms with Crippen LogP contribution in [0.1, 0.15) is 35.2 Å². The Labute approximate surface area is 239 Å². The summed E-state index contributed by atoms with van der Waals surface area (Å²) < 4.78 is 0. The number of anilines is 2. The summed E-state index contributed by atoms with van der Waals surface area (Å²) in [6, 6.07) is 0.506. The number of fused-ring (bicyclic) bond motifs is 3. The van der Waals surface area contributed by atoms with Crippen LogP contribution in [0.3, 0.4) is 0 Å². The molecule has 0 saturated heterocycles. The van der Waals surface area contributed by atoms with Crippen molar-refractivity contribution >= 4 is 50.7 Å². The van der Waals surface area contributed by atoms with Gasteiger partial charge < -0.3 is 36.4 Å². The van der Waals surface area contributed by atoms with Crippen LogP contribution in [0.15, 0.2) is 28.7 Å². The van der Waals surface area contributed by atoms with E-state index < -0.39 is 63.8 Å². The molecular weight excluding hydrogens is 588 g/mol. The van der Waals surface area contributed by atoms with Crippen molar-refractivity contribution in [2.75, 3.05) is 43.7 Å². The zero-order valence-corrected chi connectivity index (χ0v) is 24.2. The third-order valence-electron chi connectivity index (χ3n) is 7.99. The van der Waals surface area contributed by atoms with Gasteiger partial charge in [-0.1, -0.05) is 15.9 Å². The van der Waals surface area contributed by atoms with Crippen molar-refractivity contribution in [3.05, 3.63) is 39.9 Å². The first-order valence-corrected chi connectivity index (χ1v) is 13.9. The number of carbonyl (C=O) groups is 4. The number of nitrogens with two attached hydrogens (primary N) is 1. The summed E-state index contributed by atoms with van der Waals surface area (Å²) in [4.78, 5) is 55.2. The van der Waals surface area contributed by atoms with Crippen LogP contribution >= 0.6 is 15.9 Å². The summed E-state index contributed by atoms with van der Waals surface area (Å²) in [5.74, 6) is -7.63.